The molecular weight excluding hydrogens is 210 g/mol. The Balaban J connectivity index is 2.43. The minimum atomic E-state index is -0.944. The molecule has 0 amide bonds. The molecule has 0 aromatic rings. The van der Waals surface area contributed by atoms with Crippen molar-refractivity contribution in [1.29, 1.82) is 0 Å². The second-order valence-electron chi connectivity index (χ2n) is 3.64. The second kappa shape index (κ2) is 6.12. The number of aliphatic carboxylic acids is 1. The molecule has 6 nitrogen and oxygen atoms in total. The van der Waals surface area contributed by atoms with E-state index in [-0.39, 0.29) is 5.92 Å². The summed E-state index contributed by atoms with van der Waals surface area (Å²) < 4.78 is 0. The van der Waals surface area contributed by atoms with Crippen LogP contribution >= 0.6 is 0 Å². The van der Waals surface area contributed by atoms with Gasteiger partial charge in [-0.2, -0.15) is 0 Å². The van der Waals surface area contributed by atoms with Crippen LogP contribution in [0.5, 0.6) is 0 Å². The normalized spacial score (nSPS) is 23.5. The summed E-state index contributed by atoms with van der Waals surface area (Å²) >= 11 is 0. The van der Waals surface area contributed by atoms with Crippen LogP contribution in [0.2, 0.25) is 0 Å². The molecule has 0 aromatic carbocycles. The van der Waals surface area contributed by atoms with Crippen LogP contribution in [-0.4, -0.2) is 43.5 Å². The quantitative estimate of drug-likeness (QED) is 0.447. The molecule has 1 heterocycles. The highest BCUT2D eigenvalue weighted by molar-refractivity contribution is 5.90. The largest absolute Gasteiger partial charge is 0.478 e. The lowest BCUT2D eigenvalue weighted by Crippen LogP contribution is -2.27. The van der Waals surface area contributed by atoms with Crippen LogP contribution in [0.1, 0.15) is 6.92 Å². The van der Waals surface area contributed by atoms with Gasteiger partial charge in [-0.15, -0.1) is 0 Å². The highest BCUT2D eigenvalue weighted by Gasteiger charge is 2.22. The molecule has 16 heavy (non-hydrogen) atoms. The zero-order valence-corrected chi connectivity index (χ0v) is 9.49. The standard InChI is InChI=1S/C10H17N3O3/c1-7(3-10(14)15)12-5-8-4-11-6-9(8)13-16-2/h3,8,11-12H,4-6H2,1-2H3,(H,14,15)/b7-3+,13-9?. The Morgan fingerprint density at radius 2 is 2.56 bits per heavy atom. The lowest BCUT2D eigenvalue weighted by molar-refractivity contribution is -0.131. The number of carbonyl (C=O) groups is 1. The van der Waals surface area contributed by atoms with Gasteiger partial charge >= 0.3 is 5.97 Å². The van der Waals surface area contributed by atoms with Crippen molar-refractivity contribution in [3.8, 4) is 0 Å². The van der Waals surface area contributed by atoms with Gasteiger partial charge < -0.3 is 20.6 Å². The van der Waals surface area contributed by atoms with Crippen molar-refractivity contribution in [3.05, 3.63) is 11.8 Å². The predicted octanol–water partition coefficient (Wildman–Crippen LogP) is -0.214. The van der Waals surface area contributed by atoms with E-state index in [4.69, 9.17) is 9.94 Å². The lowest BCUT2D eigenvalue weighted by atomic mass is 10.1. The fourth-order valence-electron chi connectivity index (χ4n) is 1.57. The van der Waals surface area contributed by atoms with Gasteiger partial charge in [0.1, 0.15) is 7.11 Å². The molecule has 0 saturated carbocycles. The van der Waals surface area contributed by atoms with Gasteiger partial charge in [-0.1, -0.05) is 5.16 Å². The SMILES string of the molecule is CON=C1CNCC1CN/C(C)=C/C(=O)O. The van der Waals surface area contributed by atoms with Gasteiger partial charge in [-0.3, -0.25) is 0 Å². The number of carboxylic acids is 1. The second-order valence-corrected chi connectivity index (χ2v) is 3.64. The topological polar surface area (TPSA) is 83.0 Å². The van der Waals surface area contributed by atoms with Gasteiger partial charge in [0.2, 0.25) is 0 Å². The fraction of sp³-hybridized carbons (Fsp3) is 0.600. The maximum atomic E-state index is 10.4. The summed E-state index contributed by atoms with van der Waals surface area (Å²) in [6.07, 6.45) is 1.15. The predicted molar refractivity (Wildman–Crippen MR) is 60.2 cm³/mol. The first-order valence-corrected chi connectivity index (χ1v) is 5.09. The third-order valence-corrected chi connectivity index (χ3v) is 2.34. The zero-order chi connectivity index (χ0) is 12.0. The van der Waals surface area contributed by atoms with Crippen LogP contribution in [0.15, 0.2) is 16.9 Å². The molecule has 3 N–H and O–H groups in total. The summed E-state index contributed by atoms with van der Waals surface area (Å²) in [7, 11) is 1.52. The Bertz CT molecular complexity index is 312. The van der Waals surface area contributed by atoms with Crippen molar-refractivity contribution >= 4 is 11.7 Å². The number of nitrogens with zero attached hydrogens (tertiary/aromatic N) is 1. The van der Waals surface area contributed by atoms with Crippen LogP contribution in [0.4, 0.5) is 0 Å². The van der Waals surface area contributed by atoms with E-state index in [1.807, 2.05) is 0 Å². The summed E-state index contributed by atoms with van der Waals surface area (Å²) in [4.78, 5) is 15.1. The zero-order valence-electron chi connectivity index (χ0n) is 9.49. The van der Waals surface area contributed by atoms with Crippen LogP contribution in [0, 0.1) is 5.92 Å². The first-order valence-electron chi connectivity index (χ1n) is 5.09. The first kappa shape index (κ1) is 12.5. The molecule has 1 aliphatic rings. The van der Waals surface area contributed by atoms with E-state index in [1.54, 1.807) is 6.92 Å². The Kier molecular flexibility index (Phi) is 4.78. The number of hydrogen-bond donors (Lipinski definition) is 3. The number of oxime groups is 1. The van der Waals surface area contributed by atoms with Gasteiger partial charge in [0.25, 0.3) is 0 Å². The van der Waals surface area contributed by atoms with Gasteiger partial charge in [0.15, 0.2) is 0 Å². The van der Waals surface area contributed by atoms with E-state index < -0.39 is 5.97 Å². The average molecular weight is 227 g/mol. The van der Waals surface area contributed by atoms with Crippen LogP contribution in [-0.2, 0) is 9.63 Å². The van der Waals surface area contributed by atoms with Crippen LogP contribution in [0.25, 0.3) is 0 Å². The van der Waals surface area contributed by atoms with Crippen molar-refractivity contribution in [2.45, 2.75) is 6.92 Å². The summed E-state index contributed by atoms with van der Waals surface area (Å²) in [6, 6.07) is 0. The molecule has 1 saturated heterocycles. The molecule has 1 fully saturated rings. The number of carboxylic acid groups (broad SMARTS) is 1. The molecule has 1 rings (SSSR count). The molecule has 0 aliphatic carbocycles. The van der Waals surface area contributed by atoms with Gasteiger partial charge in [-0.05, 0) is 6.92 Å². The monoisotopic (exact) mass is 227 g/mol. The van der Waals surface area contributed by atoms with E-state index in [2.05, 4.69) is 15.8 Å². The molecule has 6 heteroatoms. The molecule has 90 valence electrons. The van der Waals surface area contributed by atoms with E-state index in [0.717, 1.165) is 24.9 Å². The Labute approximate surface area is 94.3 Å². The highest BCUT2D eigenvalue weighted by Crippen LogP contribution is 2.05. The third-order valence-electron chi connectivity index (χ3n) is 2.34. The van der Waals surface area contributed by atoms with Crippen molar-refractivity contribution in [2.24, 2.45) is 11.1 Å². The molecule has 0 radical (unpaired) electrons. The average Bonchev–Trinajstić information content (AvgIpc) is 2.62. The maximum Gasteiger partial charge on any atom is 0.330 e. The summed E-state index contributed by atoms with van der Waals surface area (Å²) in [6.45, 7) is 3.94. The minimum absolute atomic E-state index is 0.247. The number of allylic oxidation sites excluding steroid dienone is 1. The fourth-order valence-corrected chi connectivity index (χ4v) is 1.57. The van der Waals surface area contributed by atoms with Crippen LogP contribution in [0.3, 0.4) is 0 Å². The molecular formula is C10H17N3O3. The van der Waals surface area contributed by atoms with Crippen LogP contribution < -0.4 is 10.6 Å². The molecule has 0 spiro atoms. The summed E-state index contributed by atoms with van der Waals surface area (Å²) in [5.74, 6) is -0.697. The van der Waals surface area contributed by atoms with Gasteiger partial charge in [-0.25, -0.2) is 4.79 Å². The Hall–Kier alpha value is -1.56. The van der Waals surface area contributed by atoms with Crippen molar-refractivity contribution in [3.63, 3.8) is 0 Å². The summed E-state index contributed by atoms with van der Waals surface area (Å²) in [5.41, 5.74) is 1.59. The molecule has 1 aliphatic heterocycles. The van der Waals surface area contributed by atoms with Crippen molar-refractivity contribution in [1.82, 2.24) is 10.6 Å². The van der Waals surface area contributed by atoms with Crippen molar-refractivity contribution in [2.75, 3.05) is 26.7 Å². The van der Waals surface area contributed by atoms with Gasteiger partial charge in [0.05, 0.1) is 5.71 Å². The molecule has 0 aromatic heterocycles. The molecule has 1 atom stereocenters. The highest BCUT2D eigenvalue weighted by atomic mass is 16.6. The smallest absolute Gasteiger partial charge is 0.330 e. The van der Waals surface area contributed by atoms with Crippen molar-refractivity contribution < 1.29 is 14.7 Å². The van der Waals surface area contributed by atoms with E-state index in [9.17, 15) is 4.79 Å². The number of rotatable bonds is 5. The molecule has 1 unspecified atom stereocenters. The number of hydrogen-bond acceptors (Lipinski definition) is 5. The number of nitrogens with one attached hydrogen (secondary N) is 2. The lowest BCUT2D eigenvalue weighted by Gasteiger charge is -2.11. The van der Waals surface area contributed by atoms with Gasteiger partial charge in [0, 0.05) is 37.3 Å². The maximum absolute atomic E-state index is 10.4. The molecule has 0 bridgehead atoms. The minimum Gasteiger partial charge on any atom is -0.478 e. The first-order chi connectivity index (χ1) is 7.63. The van der Waals surface area contributed by atoms with E-state index >= 15 is 0 Å². The Morgan fingerprint density at radius 3 is 3.19 bits per heavy atom. The van der Waals surface area contributed by atoms with E-state index in [1.165, 1.54) is 7.11 Å². The third kappa shape index (κ3) is 3.90. The van der Waals surface area contributed by atoms with E-state index in [0.29, 0.717) is 12.2 Å². The Morgan fingerprint density at radius 1 is 1.81 bits per heavy atom. The summed E-state index contributed by atoms with van der Waals surface area (Å²) in [5, 5.41) is 18.7.